The minimum absolute atomic E-state index is 0.0646. The summed E-state index contributed by atoms with van der Waals surface area (Å²) in [6.07, 6.45) is 6.51. The van der Waals surface area contributed by atoms with Crippen LogP contribution in [0.15, 0.2) is 23.8 Å². The third-order valence-corrected chi connectivity index (χ3v) is 5.61. The highest BCUT2D eigenvalue weighted by molar-refractivity contribution is 6.53. The number of amides is 1. The zero-order valence-electron chi connectivity index (χ0n) is 15.7. The highest BCUT2D eigenvalue weighted by Gasteiger charge is 2.60. The van der Waals surface area contributed by atoms with Crippen molar-refractivity contribution in [1.82, 2.24) is 4.48 Å². The van der Waals surface area contributed by atoms with Gasteiger partial charge in [0.25, 0.3) is 0 Å². The minimum Gasteiger partial charge on any atom is -0.435 e. The molecule has 1 atom stereocenters. The van der Waals surface area contributed by atoms with Gasteiger partial charge in [-0.2, -0.15) is 9.28 Å². The van der Waals surface area contributed by atoms with Gasteiger partial charge in [0, 0.05) is 29.4 Å². The minimum atomic E-state index is -1.84. The Morgan fingerprint density at radius 2 is 1.85 bits per heavy atom. The lowest BCUT2D eigenvalue weighted by molar-refractivity contribution is 0.126. The Bertz CT molecular complexity index is 736. The van der Waals surface area contributed by atoms with E-state index in [1.165, 1.54) is 19.3 Å². The quantitative estimate of drug-likeness (QED) is 0.489. The van der Waals surface area contributed by atoms with Gasteiger partial charge in [0.05, 0.1) is 0 Å². The average Bonchev–Trinajstić information content (AvgIpc) is 2.91. The van der Waals surface area contributed by atoms with Gasteiger partial charge in [-0.25, -0.2) is 0 Å². The van der Waals surface area contributed by atoms with Crippen LogP contribution in [0.4, 0.5) is 16.2 Å². The lowest BCUT2D eigenvalue weighted by atomic mass is 9.81. The molecule has 1 amide bonds. The van der Waals surface area contributed by atoms with Crippen LogP contribution < -0.4 is 9.80 Å². The summed E-state index contributed by atoms with van der Waals surface area (Å²) in [5.74, 6) is 0. The predicted octanol–water partition coefficient (Wildman–Crippen LogP) is 3.58. The first-order chi connectivity index (χ1) is 12.2. The molecule has 0 aromatic heterocycles. The van der Waals surface area contributed by atoms with Gasteiger partial charge in [-0.3, -0.25) is 0 Å². The normalized spacial score (nSPS) is 23.3. The summed E-state index contributed by atoms with van der Waals surface area (Å²) < 4.78 is -0.607. The number of nitrogens with one attached hydrogen (secondary N) is 1. The number of hydrogen-bond acceptors (Lipinski definition) is 4. The molecule has 1 saturated carbocycles. The Labute approximate surface area is 154 Å². The van der Waals surface area contributed by atoms with Crippen LogP contribution in [0.3, 0.4) is 0 Å². The van der Waals surface area contributed by atoms with Gasteiger partial charge in [-0.05, 0) is 45.7 Å². The standard InChI is InChI=1S/C19H27BN2O4/c1-19(2,3)22(18(23)24)16-10-9-15(21-14-7-5-4-6-8-14)11-13(16)12-17(22)20(25)26/h9-12,14,21,25-26H,4-8H2,1-3H3/p+1. The predicted molar refractivity (Wildman–Crippen MR) is 105 cm³/mol. The molecule has 2 aliphatic rings. The van der Waals surface area contributed by atoms with Gasteiger partial charge in [0.15, 0.2) is 11.3 Å². The number of anilines is 1. The first-order valence-corrected chi connectivity index (χ1v) is 9.30. The van der Waals surface area contributed by atoms with E-state index < -0.39 is 23.2 Å². The topological polar surface area (TPSA) is 89.8 Å². The summed E-state index contributed by atoms with van der Waals surface area (Å²) in [6, 6.07) is 6.05. The summed E-state index contributed by atoms with van der Waals surface area (Å²) in [6.45, 7) is 5.38. The summed E-state index contributed by atoms with van der Waals surface area (Å²) in [5, 5.41) is 33.4. The van der Waals surface area contributed by atoms with Gasteiger partial charge in [-0.1, -0.05) is 19.3 Å². The molecule has 0 spiro atoms. The molecule has 1 aliphatic carbocycles. The molecular weight excluding hydrogens is 331 g/mol. The first kappa shape index (κ1) is 19.0. The van der Waals surface area contributed by atoms with Crippen molar-refractivity contribution in [3.8, 4) is 0 Å². The largest absolute Gasteiger partial charge is 0.549 e. The molecule has 1 aliphatic heterocycles. The molecule has 0 bridgehead atoms. The molecule has 1 fully saturated rings. The molecule has 1 aromatic carbocycles. The maximum Gasteiger partial charge on any atom is 0.549 e. The number of rotatable bonds is 3. The molecule has 7 heteroatoms. The molecule has 0 radical (unpaired) electrons. The van der Waals surface area contributed by atoms with E-state index in [0.29, 0.717) is 17.3 Å². The smallest absolute Gasteiger partial charge is 0.435 e. The zero-order valence-corrected chi connectivity index (χ0v) is 15.7. The Morgan fingerprint density at radius 3 is 2.38 bits per heavy atom. The van der Waals surface area contributed by atoms with E-state index in [1.54, 1.807) is 32.9 Å². The van der Waals surface area contributed by atoms with Crippen molar-refractivity contribution in [2.75, 3.05) is 5.32 Å². The van der Waals surface area contributed by atoms with E-state index in [9.17, 15) is 19.9 Å². The van der Waals surface area contributed by atoms with Crippen molar-refractivity contribution in [1.29, 1.82) is 0 Å². The number of nitrogens with zero attached hydrogens (tertiary/aromatic N) is 1. The second-order valence-corrected chi connectivity index (χ2v) is 8.32. The lowest BCUT2D eigenvalue weighted by Gasteiger charge is -2.41. The number of fused-ring (bicyclic) bond motifs is 1. The number of carbonyl (C=O) groups is 1. The zero-order chi connectivity index (χ0) is 19.1. The molecule has 1 aromatic rings. The molecule has 26 heavy (non-hydrogen) atoms. The summed E-state index contributed by atoms with van der Waals surface area (Å²) in [4.78, 5) is 12.3. The molecular formula is C19H28BN2O4+. The molecule has 3 rings (SSSR count). The number of hydrogen-bond donors (Lipinski definition) is 4. The van der Waals surface area contributed by atoms with Crippen LogP contribution in [-0.2, 0) is 0 Å². The van der Waals surface area contributed by atoms with Gasteiger partial charge in [-0.15, -0.1) is 0 Å². The van der Waals surface area contributed by atoms with Crippen LogP contribution in [0.5, 0.6) is 0 Å². The highest BCUT2D eigenvalue weighted by atomic mass is 16.4. The van der Waals surface area contributed by atoms with E-state index in [4.69, 9.17) is 0 Å². The summed E-state index contributed by atoms with van der Waals surface area (Å²) in [7, 11) is -1.84. The van der Waals surface area contributed by atoms with Crippen LogP contribution in [0.2, 0.25) is 0 Å². The fraction of sp³-hybridized carbons (Fsp3) is 0.526. The average molecular weight is 359 g/mol. The Balaban J connectivity index is 2.04. The van der Waals surface area contributed by atoms with E-state index in [0.717, 1.165) is 18.5 Å². The van der Waals surface area contributed by atoms with Crippen LogP contribution in [0, 0.1) is 0 Å². The lowest BCUT2D eigenvalue weighted by Crippen LogP contribution is -2.65. The SMILES string of the molecule is CC(C)(C)[N+]1(C(=O)O)C(B(O)O)=Cc2cc(NC3CCCCC3)ccc21. The van der Waals surface area contributed by atoms with E-state index >= 15 is 0 Å². The van der Waals surface area contributed by atoms with Gasteiger partial charge in [0.1, 0.15) is 5.54 Å². The van der Waals surface area contributed by atoms with Crippen molar-refractivity contribution in [2.45, 2.75) is 64.5 Å². The van der Waals surface area contributed by atoms with Crippen molar-refractivity contribution in [3.05, 3.63) is 29.4 Å². The van der Waals surface area contributed by atoms with Crippen LogP contribution >= 0.6 is 0 Å². The number of carboxylic acid groups (broad SMARTS) is 1. The third-order valence-electron chi connectivity index (χ3n) is 5.61. The monoisotopic (exact) mass is 359 g/mol. The van der Waals surface area contributed by atoms with Gasteiger partial charge < -0.3 is 20.5 Å². The third kappa shape index (κ3) is 2.94. The summed E-state index contributed by atoms with van der Waals surface area (Å²) >= 11 is 0. The number of quaternary nitrogens is 1. The van der Waals surface area contributed by atoms with Crippen molar-refractivity contribution in [2.24, 2.45) is 0 Å². The van der Waals surface area contributed by atoms with E-state index in [1.807, 2.05) is 12.1 Å². The van der Waals surface area contributed by atoms with Crippen LogP contribution in [0.1, 0.15) is 58.4 Å². The van der Waals surface area contributed by atoms with E-state index in [-0.39, 0.29) is 5.60 Å². The Hall–Kier alpha value is -1.83. The fourth-order valence-electron chi connectivity index (χ4n) is 4.44. The Morgan fingerprint density at radius 1 is 1.19 bits per heavy atom. The second kappa shape index (κ2) is 6.72. The van der Waals surface area contributed by atoms with Crippen molar-refractivity contribution >= 4 is 30.7 Å². The van der Waals surface area contributed by atoms with Crippen LogP contribution in [0.25, 0.3) is 6.08 Å². The first-order valence-electron chi connectivity index (χ1n) is 9.30. The summed E-state index contributed by atoms with van der Waals surface area (Å²) in [5.41, 5.74) is 1.49. The maximum atomic E-state index is 12.3. The molecule has 6 nitrogen and oxygen atoms in total. The molecule has 140 valence electrons. The highest BCUT2D eigenvalue weighted by Crippen LogP contribution is 2.47. The maximum absolute atomic E-state index is 12.3. The van der Waals surface area contributed by atoms with Crippen molar-refractivity contribution in [3.63, 3.8) is 0 Å². The van der Waals surface area contributed by atoms with Crippen molar-refractivity contribution < 1.29 is 19.9 Å². The second-order valence-electron chi connectivity index (χ2n) is 8.32. The number of benzene rings is 1. The van der Waals surface area contributed by atoms with Gasteiger partial charge >= 0.3 is 13.2 Å². The molecule has 1 unspecified atom stereocenters. The molecule has 4 N–H and O–H groups in total. The molecule has 1 heterocycles. The molecule has 0 saturated heterocycles. The van der Waals surface area contributed by atoms with Crippen LogP contribution in [-0.4, -0.2) is 39.9 Å². The van der Waals surface area contributed by atoms with E-state index in [2.05, 4.69) is 5.32 Å². The van der Waals surface area contributed by atoms with Gasteiger partial charge in [0.2, 0.25) is 0 Å². The Kier molecular flexibility index (Phi) is 4.90. The fourth-order valence-corrected chi connectivity index (χ4v) is 4.44.